The molecule has 0 saturated carbocycles. The third-order valence-corrected chi connectivity index (χ3v) is 2.20. The zero-order valence-corrected chi connectivity index (χ0v) is 10.9. The largest absolute Gasteiger partial charge is 0.484 e. The summed E-state index contributed by atoms with van der Waals surface area (Å²) in [6.45, 7) is 3.56. The Hall–Kier alpha value is -2.14. The highest BCUT2D eigenvalue weighted by molar-refractivity contribution is 5.68. The third kappa shape index (κ3) is 4.93. The number of esters is 3. The average molecular weight is 271 g/mol. The molecule has 7 heteroatoms. The summed E-state index contributed by atoms with van der Waals surface area (Å²) in [6, 6.07) is 0. The molecule has 1 aliphatic rings. The molecule has 7 nitrogen and oxygen atoms in total. The summed E-state index contributed by atoms with van der Waals surface area (Å²) >= 11 is 0. The quantitative estimate of drug-likeness (QED) is 0.408. The minimum Gasteiger partial charge on any atom is -0.462 e. The van der Waals surface area contributed by atoms with Crippen LogP contribution in [0.3, 0.4) is 0 Å². The Morgan fingerprint density at radius 2 is 1.74 bits per heavy atom. The monoisotopic (exact) mass is 271 g/mol. The molecule has 0 aliphatic carbocycles. The van der Waals surface area contributed by atoms with E-state index < -0.39 is 36.2 Å². The Morgan fingerprint density at radius 1 is 1.11 bits per heavy atom. The van der Waals surface area contributed by atoms with Crippen molar-refractivity contribution in [1.82, 2.24) is 0 Å². The van der Waals surface area contributed by atoms with Crippen LogP contribution in [0.5, 0.6) is 0 Å². The Balaban J connectivity index is 2.77. The van der Waals surface area contributed by atoms with Crippen molar-refractivity contribution in [1.29, 1.82) is 0 Å². The lowest BCUT2D eigenvalue weighted by Crippen LogP contribution is -2.47. The van der Waals surface area contributed by atoms with E-state index in [4.69, 9.17) is 18.9 Å². The van der Waals surface area contributed by atoms with E-state index in [9.17, 15) is 14.4 Å². The van der Waals surface area contributed by atoms with Gasteiger partial charge in [0, 0.05) is 20.8 Å². The van der Waals surface area contributed by atoms with Crippen LogP contribution in [0.25, 0.3) is 0 Å². The molecular formula is C12H15O7+. The number of carbonyl (C=O) groups excluding carboxylic acids is 3. The van der Waals surface area contributed by atoms with Crippen molar-refractivity contribution < 1.29 is 33.3 Å². The fourth-order valence-electron chi connectivity index (χ4n) is 1.52. The lowest BCUT2D eigenvalue weighted by molar-refractivity contribution is -0.180. The maximum absolute atomic E-state index is 11.1. The van der Waals surface area contributed by atoms with E-state index in [1.165, 1.54) is 26.8 Å². The van der Waals surface area contributed by atoms with Crippen molar-refractivity contribution in [2.75, 3.05) is 6.61 Å². The van der Waals surface area contributed by atoms with Crippen LogP contribution in [0.15, 0.2) is 6.08 Å². The van der Waals surface area contributed by atoms with E-state index in [0.717, 1.165) is 0 Å². The average Bonchev–Trinajstić information content (AvgIpc) is 2.28. The van der Waals surface area contributed by atoms with Crippen molar-refractivity contribution in [2.24, 2.45) is 0 Å². The van der Waals surface area contributed by atoms with E-state index in [2.05, 4.69) is 6.26 Å². The molecule has 0 spiro atoms. The number of carbonyl (C=O) groups is 3. The van der Waals surface area contributed by atoms with Crippen LogP contribution in [0, 0.1) is 6.26 Å². The highest BCUT2D eigenvalue weighted by Crippen LogP contribution is 2.19. The summed E-state index contributed by atoms with van der Waals surface area (Å²) in [4.78, 5) is 32.8. The molecule has 0 aromatic rings. The lowest BCUT2D eigenvalue weighted by atomic mass is 10.1. The van der Waals surface area contributed by atoms with Crippen LogP contribution in [0.2, 0.25) is 0 Å². The highest BCUT2D eigenvalue weighted by Gasteiger charge is 2.44. The van der Waals surface area contributed by atoms with E-state index in [-0.39, 0.29) is 6.61 Å². The van der Waals surface area contributed by atoms with E-state index in [1.807, 2.05) is 0 Å². The Labute approximate surface area is 110 Å². The van der Waals surface area contributed by atoms with Gasteiger partial charge in [-0.2, -0.15) is 0 Å². The SMILES string of the molecule is CC(=O)OCC1O[C+]=C[C@@H](OC(C)=O)[C@@H]1OC(C)=O. The molecule has 104 valence electrons. The maximum atomic E-state index is 11.1. The third-order valence-electron chi connectivity index (χ3n) is 2.20. The second-order valence-corrected chi connectivity index (χ2v) is 3.89. The molecule has 0 bridgehead atoms. The van der Waals surface area contributed by atoms with Crippen LogP contribution in [0.1, 0.15) is 20.8 Å². The standard InChI is InChI=1S/C12H15O7/c1-7(13)17-6-11-12(19-9(3)15)10(4-5-16-11)18-8(2)14/h4,10-12H,6H2,1-3H3/q+1/t10-,11?,12+/m1/s1. The molecule has 0 aromatic carbocycles. The minimum absolute atomic E-state index is 0.133. The van der Waals surface area contributed by atoms with Gasteiger partial charge in [0.2, 0.25) is 12.2 Å². The van der Waals surface area contributed by atoms with Gasteiger partial charge < -0.3 is 14.2 Å². The zero-order valence-electron chi connectivity index (χ0n) is 10.9. The summed E-state index contributed by atoms with van der Waals surface area (Å²) < 4.78 is 19.9. The van der Waals surface area contributed by atoms with Gasteiger partial charge in [-0.15, -0.1) is 0 Å². The molecule has 19 heavy (non-hydrogen) atoms. The van der Waals surface area contributed by atoms with Gasteiger partial charge in [0.1, 0.15) is 6.61 Å². The second-order valence-electron chi connectivity index (χ2n) is 3.89. The Morgan fingerprint density at radius 3 is 2.26 bits per heavy atom. The Bertz CT molecular complexity index is 388. The first-order chi connectivity index (χ1) is 8.90. The van der Waals surface area contributed by atoms with Crippen LogP contribution in [-0.4, -0.2) is 42.8 Å². The number of hydrogen-bond donors (Lipinski definition) is 0. The molecule has 0 saturated heterocycles. The van der Waals surface area contributed by atoms with Gasteiger partial charge in [0.05, 0.1) is 0 Å². The molecule has 0 radical (unpaired) electrons. The van der Waals surface area contributed by atoms with E-state index in [0.29, 0.717) is 0 Å². The van der Waals surface area contributed by atoms with Crippen LogP contribution in [-0.2, 0) is 33.3 Å². The molecule has 0 amide bonds. The molecule has 0 aromatic heterocycles. The maximum Gasteiger partial charge on any atom is 0.484 e. The topological polar surface area (TPSA) is 88.1 Å². The summed E-state index contributed by atoms with van der Waals surface area (Å²) in [5.41, 5.74) is 0. The van der Waals surface area contributed by atoms with Gasteiger partial charge in [0.25, 0.3) is 6.08 Å². The molecule has 1 unspecified atom stereocenters. The lowest BCUT2D eigenvalue weighted by Gasteiger charge is -2.26. The predicted octanol–water partition coefficient (Wildman–Crippen LogP) is 0.129. The molecule has 3 atom stereocenters. The van der Waals surface area contributed by atoms with Gasteiger partial charge in [0.15, 0.2) is 6.10 Å². The van der Waals surface area contributed by atoms with E-state index >= 15 is 0 Å². The smallest absolute Gasteiger partial charge is 0.462 e. The van der Waals surface area contributed by atoms with Crippen LogP contribution in [0.4, 0.5) is 0 Å². The Kier molecular flexibility index (Phi) is 5.26. The second kappa shape index (κ2) is 6.70. The zero-order chi connectivity index (χ0) is 14.4. The molecule has 0 fully saturated rings. The molecule has 0 N–H and O–H groups in total. The van der Waals surface area contributed by atoms with Gasteiger partial charge in [-0.3, -0.25) is 19.1 Å². The van der Waals surface area contributed by atoms with Crippen LogP contribution >= 0.6 is 0 Å². The normalized spacial score (nSPS) is 24.7. The van der Waals surface area contributed by atoms with Crippen molar-refractivity contribution in [3.8, 4) is 0 Å². The molecule has 1 aliphatic heterocycles. The predicted molar refractivity (Wildman–Crippen MR) is 60.4 cm³/mol. The first kappa shape index (κ1) is 14.9. The summed E-state index contributed by atoms with van der Waals surface area (Å²) in [5, 5.41) is 0. The van der Waals surface area contributed by atoms with Crippen molar-refractivity contribution >= 4 is 17.9 Å². The summed E-state index contributed by atoms with van der Waals surface area (Å²) in [5.74, 6) is -1.59. The fourth-order valence-corrected chi connectivity index (χ4v) is 1.52. The first-order valence-corrected chi connectivity index (χ1v) is 5.62. The summed E-state index contributed by atoms with van der Waals surface area (Å²) in [6.07, 6.45) is 1.28. The van der Waals surface area contributed by atoms with Crippen molar-refractivity contribution in [3.05, 3.63) is 12.3 Å². The van der Waals surface area contributed by atoms with Crippen molar-refractivity contribution in [2.45, 2.75) is 39.1 Å². The first-order valence-electron chi connectivity index (χ1n) is 5.62. The van der Waals surface area contributed by atoms with Gasteiger partial charge >= 0.3 is 24.2 Å². The molecule has 1 heterocycles. The van der Waals surface area contributed by atoms with Gasteiger partial charge in [-0.05, 0) is 0 Å². The van der Waals surface area contributed by atoms with Gasteiger partial charge in [-0.25, -0.2) is 0 Å². The highest BCUT2D eigenvalue weighted by atomic mass is 16.6. The van der Waals surface area contributed by atoms with Gasteiger partial charge in [-0.1, -0.05) is 0 Å². The van der Waals surface area contributed by atoms with Crippen LogP contribution < -0.4 is 0 Å². The number of ether oxygens (including phenoxy) is 4. The summed E-state index contributed by atoms with van der Waals surface area (Å²) in [7, 11) is 0. The number of rotatable bonds is 4. The number of hydrogen-bond acceptors (Lipinski definition) is 7. The molecule has 1 rings (SSSR count). The van der Waals surface area contributed by atoms with Crippen molar-refractivity contribution in [3.63, 3.8) is 0 Å². The minimum atomic E-state index is -0.887. The van der Waals surface area contributed by atoms with E-state index in [1.54, 1.807) is 0 Å². The molecular weight excluding hydrogens is 256 g/mol. The fraction of sp³-hybridized carbons (Fsp3) is 0.583.